The summed E-state index contributed by atoms with van der Waals surface area (Å²) in [5, 5.41) is 11.7. The summed E-state index contributed by atoms with van der Waals surface area (Å²) in [6.45, 7) is 7.29. The van der Waals surface area contributed by atoms with E-state index in [1.807, 2.05) is 6.92 Å². The number of rotatable bonds is 9. The zero-order valence-electron chi connectivity index (χ0n) is 14.8. The molecule has 5 nitrogen and oxygen atoms in total. The molecule has 23 heavy (non-hydrogen) atoms. The molecular formula is C18H31N3O2. The van der Waals surface area contributed by atoms with Crippen molar-refractivity contribution in [2.75, 3.05) is 13.1 Å². The standard InChI is InChI=1S/C18H31N3O2/c1-14(2)9-12-21(11-6-10-19)17(22)13-15(3)20-18(23)16-7-4-5-8-16/h14-16H,4-9,11-13H2,1-3H3,(H,20,23). The molecule has 0 saturated heterocycles. The molecule has 0 aromatic rings. The topological polar surface area (TPSA) is 73.2 Å². The Labute approximate surface area is 140 Å². The van der Waals surface area contributed by atoms with Gasteiger partial charge in [0.05, 0.1) is 12.5 Å². The molecule has 1 aliphatic carbocycles. The van der Waals surface area contributed by atoms with Crippen molar-refractivity contribution in [1.29, 1.82) is 5.26 Å². The highest BCUT2D eigenvalue weighted by Crippen LogP contribution is 2.24. The summed E-state index contributed by atoms with van der Waals surface area (Å²) in [6.07, 6.45) is 5.78. The smallest absolute Gasteiger partial charge is 0.224 e. The lowest BCUT2D eigenvalue weighted by Crippen LogP contribution is -2.41. The molecule has 1 rings (SSSR count). The van der Waals surface area contributed by atoms with Gasteiger partial charge in [-0.2, -0.15) is 5.26 Å². The van der Waals surface area contributed by atoms with E-state index in [4.69, 9.17) is 5.26 Å². The second kappa shape index (κ2) is 10.3. The molecule has 5 heteroatoms. The maximum absolute atomic E-state index is 12.4. The van der Waals surface area contributed by atoms with Crippen molar-refractivity contribution in [2.45, 2.75) is 71.8 Å². The number of nitriles is 1. The largest absolute Gasteiger partial charge is 0.353 e. The molecule has 1 aliphatic rings. The van der Waals surface area contributed by atoms with Crippen molar-refractivity contribution >= 4 is 11.8 Å². The fourth-order valence-corrected chi connectivity index (χ4v) is 2.95. The van der Waals surface area contributed by atoms with E-state index in [0.29, 0.717) is 31.8 Å². The van der Waals surface area contributed by atoms with Gasteiger partial charge in [-0.25, -0.2) is 0 Å². The lowest BCUT2D eigenvalue weighted by Gasteiger charge is -2.25. The second-order valence-corrected chi connectivity index (χ2v) is 7.07. The predicted octanol–water partition coefficient (Wildman–Crippen LogP) is 2.86. The van der Waals surface area contributed by atoms with Gasteiger partial charge in [0, 0.05) is 31.5 Å². The van der Waals surface area contributed by atoms with Gasteiger partial charge >= 0.3 is 0 Å². The van der Waals surface area contributed by atoms with Gasteiger partial charge in [-0.15, -0.1) is 0 Å². The third kappa shape index (κ3) is 7.49. The van der Waals surface area contributed by atoms with Crippen molar-refractivity contribution in [3.8, 4) is 6.07 Å². The molecule has 1 fully saturated rings. The van der Waals surface area contributed by atoms with Crippen molar-refractivity contribution in [1.82, 2.24) is 10.2 Å². The van der Waals surface area contributed by atoms with E-state index in [2.05, 4.69) is 25.2 Å². The van der Waals surface area contributed by atoms with E-state index in [9.17, 15) is 9.59 Å². The van der Waals surface area contributed by atoms with E-state index in [1.54, 1.807) is 4.90 Å². The molecule has 0 aromatic heterocycles. The lowest BCUT2D eigenvalue weighted by molar-refractivity contribution is -0.132. The van der Waals surface area contributed by atoms with E-state index < -0.39 is 0 Å². The maximum atomic E-state index is 12.4. The Morgan fingerprint density at radius 2 is 1.87 bits per heavy atom. The average molecular weight is 321 g/mol. The van der Waals surface area contributed by atoms with Gasteiger partial charge in [0.1, 0.15) is 0 Å². The number of amides is 2. The molecule has 1 atom stereocenters. The van der Waals surface area contributed by atoms with E-state index in [1.165, 1.54) is 0 Å². The van der Waals surface area contributed by atoms with Gasteiger partial charge in [-0.05, 0) is 32.1 Å². The first kappa shape index (κ1) is 19.5. The highest BCUT2D eigenvalue weighted by molar-refractivity contribution is 5.81. The first-order valence-corrected chi connectivity index (χ1v) is 8.89. The van der Waals surface area contributed by atoms with Crippen LogP contribution in [0.25, 0.3) is 0 Å². The average Bonchev–Trinajstić information content (AvgIpc) is 3.01. The van der Waals surface area contributed by atoms with Crippen LogP contribution < -0.4 is 5.32 Å². The lowest BCUT2D eigenvalue weighted by atomic mass is 10.1. The highest BCUT2D eigenvalue weighted by atomic mass is 16.2. The Hall–Kier alpha value is -1.57. The molecule has 0 heterocycles. The minimum absolute atomic E-state index is 0.0279. The number of hydrogen-bond acceptors (Lipinski definition) is 3. The summed E-state index contributed by atoms with van der Waals surface area (Å²) in [5.74, 6) is 0.767. The normalized spacial score (nSPS) is 16.1. The summed E-state index contributed by atoms with van der Waals surface area (Å²) in [6, 6.07) is 1.95. The number of carbonyl (C=O) groups excluding carboxylic acids is 2. The second-order valence-electron chi connectivity index (χ2n) is 7.07. The Morgan fingerprint density at radius 3 is 2.43 bits per heavy atom. The van der Waals surface area contributed by atoms with Crippen molar-refractivity contribution in [3.63, 3.8) is 0 Å². The van der Waals surface area contributed by atoms with Gasteiger partial charge in [0.15, 0.2) is 0 Å². The zero-order chi connectivity index (χ0) is 17.2. The fraction of sp³-hybridized carbons (Fsp3) is 0.833. The molecule has 130 valence electrons. The van der Waals surface area contributed by atoms with Crippen LogP contribution in [0.1, 0.15) is 65.7 Å². The monoisotopic (exact) mass is 321 g/mol. The molecule has 0 aromatic carbocycles. The Bertz CT molecular complexity index is 422. The highest BCUT2D eigenvalue weighted by Gasteiger charge is 2.25. The molecule has 0 radical (unpaired) electrons. The number of nitrogens with one attached hydrogen (secondary N) is 1. The molecule has 0 spiro atoms. The van der Waals surface area contributed by atoms with Crippen molar-refractivity contribution < 1.29 is 9.59 Å². The van der Waals surface area contributed by atoms with Gasteiger partial charge in [-0.3, -0.25) is 9.59 Å². The summed E-state index contributed by atoms with van der Waals surface area (Å²) in [4.78, 5) is 26.3. The third-order valence-electron chi connectivity index (χ3n) is 4.42. The number of carbonyl (C=O) groups is 2. The Balaban J connectivity index is 2.44. The third-order valence-corrected chi connectivity index (χ3v) is 4.42. The van der Waals surface area contributed by atoms with Crippen LogP contribution in [-0.4, -0.2) is 35.8 Å². The quantitative estimate of drug-likeness (QED) is 0.709. The SMILES string of the molecule is CC(C)CCN(CCC#N)C(=O)CC(C)NC(=O)C1CCCC1. The minimum atomic E-state index is -0.153. The molecule has 2 amide bonds. The summed E-state index contributed by atoms with van der Waals surface area (Å²) < 4.78 is 0. The number of nitrogens with zero attached hydrogens (tertiary/aromatic N) is 2. The van der Waals surface area contributed by atoms with Crippen LogP contribution in [0.15, 0.2) is 0 Å². The van der Waals surface area contributed by atoms with E-state index in [-0.39, 0.29) is 23.8 Å². The molecule has 1 saturated carbocycles. The van der Waals surface area contributed by atoms with Crippen LogP contribution in [0.2, 0.25) is 0 Å². The molecule has 1 unspecified atom stereocenters. The first-order chi connectivity index (χ1) is 10.9. The van der Waals surface area contributed by atoms with Crippen LogP contribution >= 0.6 is 0 Å². The number of hydrogen-bond donors (Lipinski definition) is 1. The van der Waals surface area contributed by atoms with Crippen LogP contribution in [0.3, 0.4) is 0 Å². The van der Waals surface area contributed by atoms with Gasteiger partial charge in [-0.1, -0.05) is 26.7 Å². The van der Waals surface area contributed by atoms with E-state index >= 15 is 0 Å². The van der Waals surface area contributed by atoms with Crippen LogP contribution in [-0.2, 0) is 9.59 Å². The van der Waals surface area contributed by atoms with Crippen molar-refractivity contribution in [2.24, 2.45) is 11.8 Å². The first-order valence-electron chi connectivity index (χ1n) is 8.89. The molecule has 0 aliphatic heterocycles. The van der Waals surface area contributed by atoms with E-state index in [0.717, 1.165) is 32.1 Å². The Kier molecular flexibility index (Phi) is 8.68. The maximum Gasteiger partial charge on any atom is 0.224 e. The summed E-state index contributed by atoms with van der Waals surface area (Å²) in [7, 11) is 0. The minimum Gasteiger partial charge on any atom is -0.353 e. The van der Waals surface area contributed by atoms with Crippen LogP contribution in [0.4, 0.5) is 0 Å². The fourth-order valence-electron chi connectivity index (χ4n) is 2.95. The van der Waals surface area contributed by atoms with Gasteiger partial charge in [0.2, 0.25) is 11.8 Å². The van der Waals surface area contributed by atoms with Gasteiger partial charge in [0.25, 0.3) is 0 Å². The van der Waals surface area contributed by atoms with Crippen molar-refractivity contribution in [3.05, 3.63) is 0 Å². The van der Waals surface area contributed by atoms with Crippen LogP contribution in [0, 0.1) is 23.2 Å². The van der Waals surface area contributed by atoms with Gasteiger partial charge < -0.3 is 10.2 Å². The Morgan fingerprint density at radius 1 is 1.22 bits per heavy atom. The molecule has 1 N–H and O–H groups in total. The molecular weight excluding hydrogens is 290 g/mol. The summed E-state index contributed by atoms with van der Waals surface area (Å²) >= 11 is 0. The summed E-state index contributed by atoms with van der Waals surface area (Å²) in [5.41, 5.74) is 0. The zero-order valence-corrected chi connectivity index (χ0v) is 14.8. The van der Waals surface area contributed by atoms with Crippen LogP contribution in [0.5, 0.6) is 0 Å². The molecule has 0 bridgehead atoms. The predicted molar refractivity (Wildman–Crippen MR) is 90.4 cm³/mol.